The first-order valence-electron chi connectivity index (χ1n) is 7.08. The monoisotopic (exact) mass is 304 g/mol. The summed E-state index contributed by atoms with van der Waals surface area (Å²) in [5, 5.41) is 8.51. The molecule has 1 amide bonds. The molecule has 21 heavy (non-hydrogen) atoms. The van der Waals surface area contributed by atoms with Crippen LogP contribution in [0.25, 0.3) is 0 Å². The van der Waals surface area contributed by atoms with E-state index < -0.39 is 0 Å². The molecule has 0 spiro atoms. The predicted molar refractivity (Wildman–Crippen MR) is 85.6 cm³/mol. The highest BCUT2D eigenvalue weighted by Gasteiger charge is 2.17. The Morgan fingerprint density at radius 3 is 2.95 bits per heavy atom. The van der Waals surface area contributed by atoms with E-state index in [1.165, 1.54) is 11.3 Å². The van der Waals surface area contributed by atoms with E-state index in [1.807, 2.05) is 12.1 Å². The van der Waals surface area contributed by atoms with Crippen molar-refractivity contribution in [1.82, 2.24) is 15.3 Å². The van der Waals surface area contributed by atoms with E-state index in [-0.39, 0.29) is 11.9 Å². The van der Waals surface area contributed by atoms with E-state index in [1.54, 1.807) is 24.8 Å². The van der Waals surface area contributed by atoms with Gasteiger partial charge >= 0.3 is 0 Å². The summed E-state index contributed by atoms with van der Waals surface area (Å²) in [5.74, 6) is -0.141. The van der Waals surface area contributed by atoms with E-state index in [0.717, 1.165) is 30.0 Å². The molecule has 2 N–H and O–H groups in total. The Morgan fingerprint density at radius 1 is 1.48 bits per heavy atom. The number of hydrogen-bond acceptors (Lipinski definition) is 5. The molecule has 0 aromatic carbocycles. The van der Waals surface area contributed by atoms with Crippen molar-refractivity contribution in [1.29, 1.82) is 0 Å². The second-order valence-corrected chi connectivity index (χ2v) is 5.60. The van der Waals surface area contributed by atoms with Crippen LogP contribution in [-0.2, 0) is 0 Å². The quantitative estimate of drug-likeness (QED) is 0.824. The van der Waals surface area contributed by atoms with Crippen molar-refractivity contribution >= 4 is 22.4 Å². The van der Waals surface area contributed by atoms with Crippen LogP contribution in [0, 0.1) is 0 Å². The highest BCUT2D eigenvalue weighted by Crippen LogP contribution is 2.20. The van der Waals surface area contributed by atoms with E-state index in [9.17, 15) is 4.79 Å². The zero-order valence-corrected chi connectivity index (χ0v) is 13.1. The maximum atomic E-state index is 12.3. The van der Waals surface area contributed by atoms with E-state index in [4.69, 9.17) is 0 Å². The highest BCUT2D eigenvalue weighted by molar-refractivity contribution is 7.13. The Morgan fingerprint density at radius 2 is 2.33 bits per heavy atom. The van der Waals surface area contributed by atoms with E-state index in [0.29, 0.717) is 5.69 Å². The van der Waals surface area contributed by atoms with Gasteiger partial charge in [-0.15, -0.1) is 11.3 Å². The number of rotatable bonds is 7. The molecule has 0 saturated heterocycles. The fraction of sp³-hybridized carbons (Fsp3) is 0.400. The minimum Gasteiger partial charge on any atom is -0.365 e. The number of nitrogens with one attached hydrogen (secondary N) is 2. The lowest BCUT2D eigenvalue weighted by Gasteiger charge is -2.18. The Balaban J connectivity index is 2.09. The largest absolute Gasteiger partial charge is 0.365 e. The summed E-state index contributed by atoms with van der Waals surface area (Å²) in [6, 6.07) is 3.86. The first-order valence-corrected chi connectivity index (χ1v) is 7.96. The molecule has 0 bridgehead atoms. The van der Waals surface area contributed by atoms with Gasteiger partial charge in [0.05, 0.1) is 6.04 Å². The van der Waals surface area contributed by atoms with Gasteiger partial charge in [-0.25, -0.2) is 4.98 Å². The Kier molecular flexibility index (Phi) is 5.68. The van der Waals surface area contributed by atoms with Crippen LogP contribution in [0.5, 0.6) is 0 Å². The summed E-state index contributed by atoms with van der Waals surface area (Å²) in [5.41, 5.74) is 1.48. The number of nitrogens with zero attached hydrogens (tertiary/aromatic N) is 2. The summed E-state index contributed by atoms with van der Waals surface area (Å²) in [6.07, 6.45) is 6.59. The number of anilines is 1. The zero-order chi connectivity index (χ0) is 15.1. The first-order chi connectivity index (χ1) is 10.2. The molecule has 2 heterocycles. The molecule has 0 aliphatic carbocycles. The van der Waals surface area contributed by atoms with Gasteiger partial charge in [0.25, 0.3) is 5.91 Å². The van der Waals surface area contributed by atoms with Crippen molar-refractivity contribution in [3.05, 3.63) is 41.2 Å². The fourth-order valence-corrected chi connectivity index (χ4v) is 2.69. The van der Waals surface area contributed by atoms with E-state index >= 15 is 0 Å². The Hall–Kier alpha value is -1.95. The molecular formula is C15H20N4OS. The maximum Gasteiger partial charge on any atom is 0.271 e. The third-order valence-electron chi connectivity index (χ3n) is 3.19. The smallest absolute Gasteiger partial charge is 0.271 e. The number of amides is 1. The van der Waals surface area contributed by atoms with Crippen LogP contribution in [0.15, 0.2) is 29.9 Å². The van der Waals surface area contributed by atoms with Gasteiger partial charge in [-0.05, 0) is 18.1 Å². The summed E-state index contributed by atoms with van der Waals surface area (Å²) in [6.45, 7) is 2.14. The van der Waals surface area contributed by atoms with Gasteiger partial charge in [0.2, 0.25) is 0 Å². The van der Waals surface area contributed by atoms with Crippen LogP contribution in [0.4, 0.5) is 5.13 Å². The lowest BCUT2D eigenvalue weighted by atomic mass is 10.0. The van der Waals surface area contributed by atoms with Crippen molar-refractivity contribution in [2.75, 3.05) is 12.4 Å². The summed E-state index contributed by atoms with van der Waals surface area (Å²) in [7, 11) is 1.79. The molecule has 0 radical (unpaired) electrons. The summed E-state index contributed by atoms with van der Waals surface area (Å²) in [4.78, 5) is 20.7. The molecule has 0 saturated carbocycles. The number of carbonyl (C=O) groups excluding carboxylic acids is 1. The average Bonchev–Trinajstić information content (AvgIpc) is 3.01. The number of pyridine rings is 1. The second-order valence-electron chi connectivity index (χ2n) is 4.74. The van der Waals surface area contributed by atoms with Crippen LogP contribution in [0.1, 0.15) is 48.3 Å². The minimum atomic E-state index is -0.141. The van der Waals surface area contributed by atoms with Gasteiger partial charge in [0.15, 0.2) is 5.13 Å². The van der Waals surface area contributed by atoms with Gasteiger partial charge in [0.1, 0.15) is 5.69 Å². The number of unbranched alkanes of at least 4 members (excludes halogenated alkanes) is 1. The molecule has 2 rings (SSSR count). The molecule has 5 nitrogen and oxygen atoms in total. The summed E-state index contributed by atoms with van der Waals surface area (Å²) < 4.78 is 0. The molecule has 2 aromatic heterocycles. The summed E-state index contributed by atoms with van der Waals surface area (Å²) >= 11 is 1.42. The Bertz CT molecular complexity index is 570. The zero-order valence-electron chi connectivity index (χ0n) is 12.3. The van der Waals surface area contributed by atoms with Gasteiger partial charge in [-0.2, -0.15) is 0 Å². The van der Waals surface area contributed by atoms with Crippen LogP contribution in [0.2, 0.25) is 0 Å². The number of hydrogen-bond donors (Lipinski definition) is 2. The van der Waals surface area contributed by atoms with Gasteiger partial charge < -0.3 is 10.6 Å². The Labute approximate surface area is 128 Å². The molecule has 1 unspecified atom stereocenters. The molecule has 112 valence electrons. The second kappa shape index (κ2) is 7.73. The van der Waals surface area contributed by atoms with Gasteiger partial charge in [0, 0.05) is 24.8 Å². The van der Waals surface area contributed by atoms with Crippen molar-refractivity contribution in [3.8, 4) is 0 Å². The number of aromatic nitrogens is 2. The van der Waals surface area contributed by atoms with Crippen LogP contribution in [-0.4, -0.2) is 22.9 Å². The molecule has 2 aromatic rings. The average molecular weight is 304 g/mol. The van der Waals surface area contributed by atoms with E-state index in [2.05, 4.69) is 27.5 Å². The number of carbonyl (C=O) groups is 1. The topological polar surface area (TPSA) is 66.9 Å². The molecule has 0 aliphatic rings. The highest BCUT2D eigenvalue weighted by atomic mass is 32.1. The molecule has 0 fully saturated rings. The predicted octanol–water partition coefficient (Wildman–Crippen LogP) is 3.24. The minimum absolute atomic E-state index is 0.0223. The fourth-order valence-electron chi connectivity index (χ4n) is 2.04. The van der Waals surface area contributed by atoms with Crippen LogP contribution < -0.4 is 10.6 Å². The van der Waals surface area contributed by atoms with Crippen molar-refractivity contribution < 1.29 is 4.79 Å². The van der Waals surface area contributed by atoms with Crippen molar-refractivity contribution in [2.45, 2.75) is 32.2 Å². The van der Waals surface area contributed by atoms with Crippen molar-refractivity contribution in [3.63, 3.8) is 0 Å². The van der Waals surface area contributed by atoms with Gasteiger partial charge in [-0.1, -0.05) is 25.8 Å². The third-order valence-corrected chi connectivity index (χ3v) is 4.05. The number of thiazole rings is 1. The SMILES string of the molecule is CCCCC(NC(=O)c1csc(NC)n1)c1cccnc1. The first kappa shape index (κ1) is 15.4. The van der Waals surface area contributed by atoms with Crippen molar-refractivity contribution in [2.24, 2.45) is 0 Å². The lowest BCUT2D eigenvalue weighted by Crippen LogP contribution is -2.29. The molecule has 6 heteroatoms. The standard InChI is InChI=1S/C15H20N4OS/c1-3-4-7-12(11-6-5-8-17-9-11)18-14(20)13-10-21-15(16-2)19-13/h5-6,8-10,12H,3-4,7H2,1-2H3,(H,16,19)(H,18,20). The normalized spacial score (nSPS) is 11.9. The lowest BCUT2D eigenvalue weighted by molar-refractivity contribution is 0.0930. The molecule has 1 atom stereocenters. The maximum absolute atomic E-state index is 12.3. The third kappa shape index (κ3) is 4.26. The van der Waals surface area contributed by atoms with Gasteiger partial charge in [-0.3, -0.25) is 9.78 Å². The molecule has 0 aliphatic heterocycles. The van der Waals surface area contributed by atoms with Crippen LogP contribution >= 0.6 is 11.3 Å². The van der Waals surface area contributed by atoms with Crippen LogP contribution in [0.3, 0.4) is 0 Å². The molecular weight excluding hydrogens is 284 g/mol.